The van der Waals surface area contributed by atoms with Crippen molar-refractivity contribution < 1.29 is 9.59 Å². The number of rotatable bonds is 3. The van der Waals surface area contributed by atoms with Crippen LogP contribution in [0.2, 0.25) is 0 Å². The fraction of sp³-hybridized carbons (Fsp3) is 0.154. The fourth-order valence-corrected chi connectivity index (χ4v) is 1.99. The molecule has 0 aliphatic heterocycles. The van der Waals surface area contributed by atoms with Gasteiger partial charge in [-0.15, -0.1) is 0 Å². The summed E-state index contributed by atoms with van der Waals surface area (Å²) in [5.74, 6) is -0.0642. The van der Waals surface area contributed by atoms with Crippen molar-refractivity contribution in [1.82, 2.24) is 9.97 Å². The van der Waals surface area contributed by atoms with E-state index in [0.717, 1.165) is 11.8 Å². The summed E-state index contributed by atoms with van der Waals surface area (Å²) >= 11 is 0. The topological polar surface area (TPSA) is 62.8 Å². The Hall–Kier alpha value is -2.23. The maximum atomic E-state index is 11.6. The average Bonchev–Trinajstić information content (AvgIpc) is 2.67. The molecule has 0 saturated carbocycles. The number of hydrogen-bond acceptors (Lipinski definition) is 3. The molecule has 2 heterocycles. The van der Waals surface area contributed by atoms with E-state index in [1.807, 2.05) is 6.07 Å². The van der Waals surface area contributed by atoms with E-state index in [1.54, 1.807) is 25.4 Å². The zero-order chi connectivity index (χ0) is 12.4. The number of hydrogen-bond donors (Lipinski definition) is 1. The summed E-state index contributed by atoms with van der Waals surface area (Å²) in [7, 11) is 0. The number of H-pyrrole nitrogens is 1. The van der Waals surface area contributed by atoms with Gasteiger partial charge in [-0.3, -0.25) is 14.6 Å². The minimum atomic E-state index is -0.0642. The van der Waals surface area contributed by atoms with Gasteiger partial charge in [-0.2, -0.15) is 0 Å². The van der Waals surface area contributed by atoms with E-state index in [4.69, 9.17) is 0 Å². The van der Waals surface area contributed by atoms with Crippen molar-refractivity contribution in [2.24, 2.45) is 0 Å². The van der Waals surface area contributed by atoms with Crippen LogP contribution in [0.15, 0.2) is 24.5 Å². The molecule has 0 atom stereocenters. The lowest BCUT2D eigenvalue weighted by Gasteiger charge is -2.02. The summed E-state index contributed by atoms with van der Waals surface area (Å²) in [6.45, 7) is 3.27. The molecular weight excluding hydrogens is 216 g/mol. The highest BCUT2D eigenvalue weighted by molar-refractivity contribution is 6.05. The van der Waals surface area contributed by atoms with Crippen molar-refractivity contribution in [3.63, 3.8) is 0 Å². The van der Waals surface area contributed by atoms with Gasteiger partial charge in [0.2, 0.25) is 0 Å². The number of ketones is 1. The number of nitrogens with one attached hydrogen (secondary N) is 1. The summed E-state index contributed by atoms with van der Waals surface area (Å²) in [6.07, 6.45) is 4.01. The minimum Gasteiger partial charge on any atom is -0.355 e. The maximum Gasteiger partial charge on any atom is 0.166 e. The highest BCUT2D eigenvalue weighted by atomic mass is 16.1. The van der Waals surface area contributed by atoms with E-state index in [2.05, 4.69) is 9.97 Å². The van der Waals surface area contributed by atoms with Crippen LogP contribution in [0, 0.1) is 6.92 Å². The molecular formula is C13H12N2O2. The SMILES string of the molecule is CC(=O)c1c(C)[nH]c(C=O)c1-c1cccnc1. The minimum absolute atomic E-state index is 0.0642. The van der Waals surface area contributed by atoms with Gasteiger partial charge in [-0.25, -0.2) is 0 Å². The van der Waals surface area contributed by atoms with Crippen LogP contribution in [0.3, 0.4) is 0 Å². The van der Waals surface area contributed by atoms with Crippen LogP contribution in [0.25, 0.3) is 11.1 Å². The molecule has 0 aromatic carbocycles. The maximum absolute atomic E-state index is 11.6. The number of aromatic amines is 1. The van der Waals surface area contributed by atoms with Crippen LogP contribution in [0.1, 0.15) is 33.5 Å². The van der Waals surface area contributed by atoms with Gasteiger partial charge >= 0.3 is 0 Å². The Labute approximate surface area is 98.7 Å². The van der Waals surface area contributed by atoms with E-state index in [1.165, 1.54) is 6.92 Å². The Morgan fingerprint density at radius 3 is 2.76 bits per heavy atom. The average molecular weight is 228 g/mol. The van der Waals surface area contributed by atoms with Crippen LogP contribution in [-0.4, -0.2) is 22.0 Å². The van der Waals surface area contributed by atoms with E-state index >= 15 is 0 Å². The van der Waals surface area contributed by atoms with Gasteiger partial charge < -0.3 is 4.98 Å². The molecule has 4 nitrogen and oxygen atoms in total. The highest BCUT2D eigenvalue weighted by Gasteiger charge is 2.19. The highest BCUT2D eigenvalue weighted by Crippen LogP contribution is 2.29. The Balaban J connectivity index is 2.75. The Kier molecular flexibility index (Phi) is 2.87. The zero-order valence-electron chi connectivity index (χ0n) is 9.65. The molecule has 0 spiro atoms. The molecule has 0 saturated heterocycles. The first-order chi connectivity index (χ1) is 8.15. The number of pyridine rings is 1. The lowest BCUT2D eigenvalue weighted by Crippen LogP contribution is -1.96. The molecule has 0 aliphatic rings. The first kappa shape index (κ1) is 11.3. The Morgan fingerprint density at radius 2 is 2.24 bits per heavy atom. The summed E-state index contributed by atoms with van der Waals surface area (Å²) in [6, 6.07) is 3.60. The number of aromatic nitrogens is 2. The second-order valence-corrected chi connectivity index (χ2v) is 3.83. The van der Waals surface area contributed by atoms with Gasteiger partial charge in [-0.05, 0) is 19.9 Å². The van der Waals surface area contributed by atoms with Crippen LogP contribution in [0.5, 0.6) is 0 Å². The van der Waals surface area contributed by atoms with Crippen molar-refractivity contribution in [3.8, 4) is 11.1 Å². The number of aldehydes is 1. The van der Waals surface area contributed by atoms with Crippen molar-refractivity contribution >= 4 is 12.1 Å². The molecule has 2 aromatic heterocycles. The van der Waals surface area contributed by atoms with Gasteiger partial charge in [0.1, 0.15) is 0 Å². The summed E-state index contributed by atoms with van der Waals surface area (Å²) in [4.78, 5) is 29.6. The fourth-order valence-electron chi connectivity index (χ4n) is 1.99. The van der Waals surface area contributed by atoms with Gasteiger partial charge in [0, 0.05) is 34.8 Å². The molecule has 0 radical (unpaired) electrons. The molecule has 0 amide bonds. The van der Waals surface area contributed by atoms with Gasteiger partial charge in [0.15, 0.2) is 12.1 Å². The second kappa shape index (κ2) is 4.33. The quantitative estimate of drug-likeness (QED) is 0.648. The predicted molar refractivity (Wildman–Crippen MR) is 64.2 cm³/mol. The van der Waals surface area contributed by atoms with E-state index in [9.17, 15) is 9.59 Å². The third kappa shape index (κ3) is 1.89. The standard InChI is InChI=1S/C13H12N2O2/c1-8-12(9(2)17)13(11(7-16)15-8)10-4-3-5-14-6-10/h3-7,15H,1-2H3. The van der Waals surface area contributed by atoms with Crippen LogP contribution < -0.4 is 0 Å². The first-order valence-electron chi connectivity index (χ1n) is 5.24. The zero-order valence-corrected chi connectivity index (χ0v) is 9.65. The van der Waals surface area contributed by atoms with Crippen LogP contribution >= 0.6 is 0 Å². The second-order valence-electron chi connectivity index (χ2n) is 3.83. The molecule has 2 aromatic rings. The normalized spacial score (nSPS) is 10.2. The van der Waals surface area contributed by atoms with Gasteiger partial charge in [0.05, 0.1) is 5.69 Å². The summed E-state index contributed by atoms with van der Waals surface area (Å²) < 4.78 is 0. The van der Waals surface area contributed by atoms with Crippen LogP contribution in [0.4, 0.5) is 0 Å². The summed E-state index contributed by atoms with van der Waals surface area (Å²) in [5.41, 5.74) is 3.08. The molecule has 0 unspecified atom stereocenters. The van der Waals surface area contributed by atoms with Gasteiger partial charge in [-0.1, -0.05) is 6.07 Å². The molecule has 0 fully saturated rings. The number of Topliss-reactive ketones (excluding diaryl/α,β-unsaturated/α-hetero) is 1. The molecule has 17 heavy (non-hydrogen) atoms. The third-order valence-corrected chi connectivity index (χ3v) is 2.64. The van der Waals surface area contributed by atoms with Crippen molar-refractivity contribution in [1.29, 1.82) is 0 Å². The molecule has 0 aliphatic carbocycles. The van der Waals surface area contributed by atoms with E-state index < -0.39 is 0 Å². The molecule has 0 bridgehead atoms. The number of nitrogens with zero attached hydrogens (tertiary/aromatic N) is 1. The molecule has 1 N–H and O–H groups in total. The molecule has 4 heteroatoms. The number of aryl methyl sites for hydroxylation is 1. The summed E-state index contributed by atoms with van der Waals surface area (Å²) in [5, 5.41) is 0. The van der Waals surface area contributed by atoms with Crippen LogP contribution in [-0.2, 0) is 0 Å². The van der Waals surface area contributed by atoms with E-state index in [0.29, 0.717) is 22.5 Å². The smallest absolute Gasteiger partial charge is 0.166 e. The van der Waals surface area contributed by atoms with Gasteiger partial charge in [0.25, 0.3) is 0 Å². The Morgan fingerprint density at radius 1 is 1.47 bits per heavy atom. The molecule has 86 valence electrons. The monoisotopic (exact) mass is 228 g/mol. The molecule has 2 rings (SSSR count). The van der Waals surface area contributed by atoms with Crippen molar-refractivity contribution in [3.05, 3.63) is 41.5 Å². The largest absolute Gasteiger partial charge is 0.355 e. The lowest BCUT2D eigenvalue weighted by molar-refractivity contribution is 0.101. The Bertz CT molecular complexity index is 571. The lowest BCUT2D eigenvalue weighted by atomic mass is 10.00. The van der Waals surface area contributed by atoms with Crippen molar-refractivity contribution in [2.75, 3.05) is 0 Å². The first-order valence-corrected chi connectivity index (χ1v) is 5.24. The van der Waals surface area contributed by atoms with E-state index in [-0.39, 0.29) is 5.78 Å². The van der Waals surface area contributed by atoms with Crippen molar-refractivity contribution in [2.45, 2.75) is 13.8 Å². The number of carbonyl (C=O) groups excluding carboxylic acids is 2. The third-order valence-electron chi connectivity index (χ3n) is 2.64. The number of carbonyl (C=O) groups is 2. The predicted octanol–water partition coefficient (Wildman–Crippen LogP) is 2.40.